The molecule has 5 heteroatoms. The topological polar surface area (TPSA) is 46.3 Å². The van der Waals surface area contributed by atoms with Crippen LogP contribution in [0, 0.1) is 0 Å². The highest BCUT2D eigenvalue weighted by Gasteiger charge is 2.34. The molecule has 3 rings (SSSR count). The first-order valence-corrected chi connectivity index (χ1v) is 7.70. The number of nitrogens with two attached hydrogens (primary N) is 1. The number of carbonyl (C=O) groups excluding carboxylic acids is 1. The lowest BCUT2D eigenvalue weighted by Crippen LogP contribution is -2.31. The van der Waals surface area contributed by atoms with E-state index >= 15 is 0 Å². The summed E-state index contributed by atoms with van der Waals surface area (Å²) in [5.74, 6) is 0.228. The van der Waals surface area contributed by atoms with Gasteiger partial charge in [-0.15, -0.1) is 11.3 Å². The summed E-state index contributed by atoms with van der Waals surface area (Å²) in [5.41, 5.74) is 7.40. The minimum atomic E-state index is -0.0169. The minimum Gasteiger partial charge on any atom is -0.336 e. The average molecular weight is 307 g/mol. The summed E-state index contributed by atoms with van der Waals surface area (Å²) in [6.45, 7) is 1.26. The molecule has 1 saturated heterocycles. The molecule has 1 aromatic heterocycles. The SMILES string of the molecule is N[C@@H]1CN(C(=O)c2ccc(Cl)s2)C[C@H]1c1ccccc1. The highest BCUT2D eigenvalue weighted by Crippen LogP contribution is 2.29. The van der Waals surface area contributed by atoms with Crippen LogP contribution in [0.2, 0.25) is 4.34 Å². The molecule has 0 radical (unpaired) electrons. The molecule has 2 atom stereocenters. The molecule has 20 heavy (non-hydrogen) atoms. The van der Waals surface area contributed by atoms with Crippen molar-refractivity contribution in [3.63, 3.8) is 0 Å². The second-order valence-corrected chi connectivity index (χ2v) is 6.71. The number of hydrogen-bond donors (Lipinski definition) is 1. The van der Waals surface area contributed by atoms with Crippen molar-refractivity contribution in [2.24, 2.45) is 5.73 Å². The Labute approximate surface area is 127 Å². The molecule has 1 amide bonds. The lowest BCUT2D eigenvalue weighted by molar-refractivity contribution is 0.0794. The lowest BCUT2D eigenvalue weighted by atomic mass is 9.95. The first-order valence-electron chi connectivity index (χ1n) is 6.50. The van der Waals surface area contributed by atoms with E-state index in [2.05, 4.69) is 12.1 Å². The molecule has 0 spiro atoms. The Morgan fingerprint density at radius 2 is 1.95 bits per heavy atom. The van der Waals surface area contributed by atoms with E-state index in [1.807, 2.05) is 23.1 Å². The molecule has 1 aliphatic rings. The van der Waals surface area contributed by atoms with Gasteiger partial charge in [0.05, 0.1) is 9.21 Å². The summed E-state index contributed by atoms with van der Waals surface area (Å²) < 4.78 is 0.636. The van der Waals surface area contributed by atoms with E-state index in [4.69, 9.17) is 17.3 Å². The van der Waals surface area contributed by atoms with Crippen molar-refractivity contribution in [3.05, 3.63) is 57.2 Å². The van der Waals surface area contributed by atoms with Crippen LogP contribution in [0.5, 0.6) is 0 Å². The number of halogens is 1. The zero-order valence-corrected chi connectivity index (χ0v) is 12.4. The largest absolute Gasteiger partial charge is 0.336 e. The Balaban J connectivity index is 1.77. The third kappa shape index (κ3) is 2.59. The molecule has 2 aromatic rings. The van der Waals surface area contributed by atoms with Crippen LogP contribution in [0.25, 0.3) is 0 Å². The third-order valence-corrected chi connectivity index (χ3v) is 4.88. The Kier molecular flexibility index (Phi) is 3.78. The predicted octanol–water partition coefficient (Wildman–Crippen LogP) is 2.97. The van der Waals surface area contributed by atoms with Gasteiger partial charge in [0.25, 0.3) is 5.91 Å². The van der Waals surface area contributed by atoms with Crippen LogP contribution in [0.4, 0.5) is 0 Å². The summed E-state index contributed by atoms with van der Waals surface area (Å²) in [7, 11) is 0. The Hall–Kier alpha value is -1.36. The van der Waals surface area contributed by atoms with Gasteiger partial charge < -0.3 is 10.6 Å². The van der Waals surface area contributed by atoms with E-state index in [0.29, 0.717) is 22.3 Å². The molecule has 2 heterocycles. The summed E-state index contributed by atoms with van der Waals surface area (Å²) in [4.78, 5) is 14.9. The molecule has 0 unspecified atom stereocenters. The average Bonchev–Trinajstić information content (AvgIpc) is 3.05. The van der Waals surface area contributed by atoms with Crippen molar-refractivity contribution in [1.29, 1.82) is 0 Å². The molecule has 0 bridgehead atoms. The predicted molar refractivity (Wildman–Crippen MR) is 82.4 cm³/mol. The van der Waals surface area contributed by atoms with Crippen LogP contribution >= 0.6 is 22.9 Å². The number of benzene rings is 1. The van der Waals surface area contributed by atoms with E-state index in [9.17, 15) is 4.79 Å². The summed E-state index contributed by atoms with van der Waals surface area (Å²) in [6, 6.07) is 13.6. The first kappa shape index (κ1) is 13.6. The molecule has 1 fully saturated rings. The second kappa shape index (κ2) is 5.56. The number of rotatable bonds is 2. The summed E-state index contributed by atoms with van der Waals surface area (Å²) in [5, 5.41) is 0. The molecular weight excluding hydrogens is 292 g/mol. The van der Waals surface area contributed by atoms with Gasteiger partial charge in [0.1, 0.15) is 0 Å². The van der Waals surface area contributed by atoms with Crippen LogP contribution < -0.4 is 5.73 Å². The highest BCUT2D eigenvalue weighted by atomic mass is 35.5. The lowest BCUT2D eigenvalue weighted by Gasteiger charge is -2.15. The van der Waals surface area contributed by atoms with Crippen molar-refractivity contribution in [1.82, 2.24) is 4.90 Å². The maximum Gasteiger partial charge on any atom is 0.264 e. The molecule has 1 aliphatic heterocycles. The van der Waals surface area contributed by atoms with Crippen LogP contribution in [0.15, 0.2) is 42.5 Å². The quantitative estimate of drug-likeness (QED) is 0.927. The van der Waals surface area contributed by atoms with Gasteiger partial charge >= 0.3 is 0 Å². The summed E-state index contributed by atoms with van der Waals surface area (Å²) in [6.07, 6.45) is 0. The van der Waals surface area contributed by atoms with E-state index in [1.165, 1.54) is 16.9 Å². The number of nitrogens with zero attached hydrogens (tertiary/aromatic N) is 1. The van der Waals surface area contributed by atoms with Gasteiger partial charge in [-0.2, -0.15) is 0 Å². The molecule has 1 aromatic carbocycles. The number of thiophene rings is 1. The number of hydrogen-bond acceptors (Lipinski definition) is 3. The molecule has 0 saturated carbocycles. The highest BCUT2D eigenvalue weighted by molar-refractivity contribution is 7.17. The first-order chi connectivity index (χ1) is 9.65. The zero-order valence-electron chi connectivity index (χ0n) is 10.8. The smallest absolute Gasteiger partial charge is 0.264 e. The van der Waals surface area contributed by atoms with Gasteiger partial charge in [-0.1, -0.05) is 41.9 Å². The fourth-order valence-corrected chi connectivity index (χ4v) is 3.64. The van der Waals surface area contributed by atoms with Gasteiger partial charge in [-0.05, 0) is 17.7 Å². The van der Waals surface area contributed by atoms with E-state index in [0.717, 1.165) is 0 Å². The van der Waals surface area contributed by atoms with Crippen molar-refractivity contribution in [3.8, 4) is 0 Å². The minimum absolute atomic E-state index is 0.0169. The van der Waals surface area contributed by atoms with E-state index < -0.39 is 0 Å². The monoisotopic (exact) mass is 306 g/mol. The van der Waals surface area contributed by atoms with E-state index in [1.54, 1.807) is 12.1 Å². The van der Waals surface area contributed by atoms with Gasteiger partial charge in [-0.25, -0.2) is 0 Å². The van der Waals surface area contributed by atoms with Crippen LogP contribution in [-0.4, -0.2) is 29.9 Å². The molecule has 3 nitrogen and oxygen atoms in total. The zero-order chi connectivity index (χ0) is 14.1. The van der Waals surface area contributed by atoms with Gasteiger partial charge in [0, 0.05) is 25.0 Å². The third-order valence-electron chi connectivity index (χ3n) is 3.66. The number of amides is 1. The maximum atomic E-state index is 12.4. The Morgan fingerprint density at radius 1 is 1.20 bits per heavy atom. The summed E-state index contributed by atoms with van der Waals surface area (Å²) >= 11 is 7.20. The van der Waals surface area contributed by atoms with Crippen molar-refractivity contribution >= 4 is 28.8 Å². The van der Waals surface area contributed by atoms with Crippen LogP contribution in [-0.2, 0) is 0 Å². The number of carbonyl (C=O) groups is 1. The maximum absolute atomic E-state index is 12.4. The van der Waals surface area contributed by atoms with Crippen LogP contribution in [0.1, 0.15) is 21.2 Å². The molecule has 104 valence electrons. The fraction of sp³-hybridized carbons (Fsp3) is 0.267. The van der Waals surface area contributed by atoms with Crippen molar-refractivity contribution in [2.75, 3.05) is 13.1 Å². The Bertz CT molecular complexity index is 613. The van der Waals surface area contributed by atoms with Gasteiger partial charge in [-0.3, -0.25) is 4.79 Å². The van der Waals surface area contributed by atoms with Crippen molar-refractivity contribution < 1.29 is 4.79 Å². The standard InChI is InChI=1S/C15H15ClN2OS/c16-14-7-6-13(20-14)15(19)18-8-11(12(17)9-18)10-4-2-1-3-5-10/h1-7,11-12H,8-9,17H2/t11-,12+/m0/s1. The number of likely N-dealkylation sites (tertiary alicyclic amines) is 1. The van der Waals surface area contributed by atoms with Gasteiger partial charge in [0.15, 0.2) is 0 Å². The molecule has 2 N–H and O–H groups in total. The van der Waals surface area contributed by atoms with Crippen LogP contribution in [0.3, 0.4) is 0 Å². The van der Waals surface area contributed by atoms with Gasteiger partial charge in [0.2, 0.25) is 0 Å². The molecule has 0 aliphatic carbocycles. The Morgan fingerprint density at radius 3 is 2.60 bits per heavy atom. The van der Waals surface area contributed by atoms with Crippen molar-refractivity contribution in [2.45, 2.75) is 12.0 Å². The normalized spacial score (nSPS) is 22.2. The second-order valence-electron chi connectivity index (χ2n) is 4.99. The van der Waals surface area contributed by atoms with E-state index in [-0.39, 0.29) is 17.9 Å². The fourth-order valence-electron chi connectivity index (χ4n) is 2.63. The molecular formula is C15H15ClN2OS.